The van der Waals surface area contributed by atoms with Crippen molar-refractivity contribution < 1.29 is 4.39 Å². The Bertz CT molecular complexity index is 1200. The van der Waals surface area contributed by atoms with Crippen LogP contribution in [0.4, 0.5) is 4.39 Å². The molecule has 5 aromatic rings. The molecule has 0 bridgehead atoms. The second kappa shape index (κ2) is 5.31. The summed E-state index contributed by atoms with van der Waals surface area (Å²) in [4.78, 5) is 4.69. The fraction of sp³-hybridized carbons (Fsp3) is 0. The molecule has 0 aliphatic carbocycles. The minimum Gasteiger partial charge on any atom is -0.302 e. The maximum absolute atomic E-state index is 13.2. The lowest BCUT2D eigenvalue weighted by atomic mass is 10.2. The van der Waals surface area contributed by atoms with Gasteiger partial charge in [0.1, 0.15) is 17.3 Å². The highest BCUT2D eigenvalue weighted by atomic mass is 19.1. The number of para-hydroxylation sites is 1. The molecule has 3 heterocycles. The molecule has 0 spiro atoms. The van der Waals surface area contributed by atoms with Crippen molar-refractivity contribution in [2.24, 2.45) is 0 Å². The molecule has 2 aromatic carbocycles. The highest BCUT2D eigenvalue weighted by molar-refractivity contribution is 5.81. The number of benzene rings is 2. The summed E-state index contributed by atoms with van der Waals surface area (Å²) in [6.45, 7) is 0. The van der Waals surface area contributed by atoms with Crippen molar-refractivity contribution in [3.8, 4) is 17.1 Å². The average molecular weight is 327 g/mol. The highest BCUT2D eigenvalue weighted by Crippen LogP contribution is 2.24. The highest BCUT2D eigenvalue weighted by Gasteiger charge is 2.10. The summed E-state index contributed by atoms with van der Waals surface area (Å²) in [7, 11) is 0. The number of nitrogens with zero attached hydrogens (tertiary/aromatic N) is 3. The zero-order chi connectivity index (χ0) is 16.8. The van der Waals surface area contributed by atoms with Gasteiger partial charge in [0.2, 0.25) is 0 Å². The van der Waals surface area contributed by atoms with Gasteiger partial charge in [0.25, 0.3) is 0 Å². The van der Waals surface area contributed by atoms with Crippen molar-refractivity contribution in [2.45, 2.75) is 0 Å². The number of fused-ring (bicyclic) bond motifs is 2. The van der Waals surface area contributed by atoms with E-state index in [2.05, 4.69) is 39.4 Å². The van der Waals surface area contributed by atoms with Crippen molar-refractivity contribution in [2.75, 3.05) is 0 Å². The van der Waals surface area contributed by atoms with Gasteiger partial charge >= 0.3 is 0 Å². The molecule has 4 heteroatoms. The minimum absolute atomic E-state index is 0.244. The van der Waals surface area contributed by atoms with Gasteiger partial charge in [-0.25, -0.2) is 9.37 Å². The number of aromatic nitrogens is 3. The molecule has 0 aliphatic rings. The number of rotatable bonds is 2. The van der Waals surface area contributed by atoms with Gasteiger partial charge in [0.05, 0.1) is 11.2 Å². The van der Waals surface area contributed by atoms with Crippen molar-refractivity contribution >= 4 is 16.6 Å². The quantitative estimate of drug-likeness (QED) is 0.443. The van der Waals surface area contributed by atoms with E-state index >= 15 is 0 Å². The lowest BCUT2D eigenvalue weighted by molar-refractivity contribution is 0.628. The summed E-state index contributed by atoms with van der Waals surface area (Å²) >= 11 is 0. The number of imidazole rings is 1. The first-order valence-corrected chi connectivity index (χ1v) is 8.10. The molecule has 0 N–H and O–H groups in total. The summed E-state index contributed by atoms with van der Waals surface area (Å²) in [5, 5.41) is 1.19. The predicted octanol–water partition coefficient (Wildman–Crippen LogP) is 5.08. The molecular weight excluding hydrogens is 313 g/mol. The van der Waals surface area contributed by atoms with Gasteiger partial charge in [-0.15, -0.1) is 0 Å². The van der Waals surface area contributed by atoms with E-state index in [0.29, 0.717) is 0 Å². The maximum Gasteiger partial charge on any atom is 0.139 e. The Hall–Kier alpha value is -3.40. The first-order chi connectivity index (χ1) is 12.3. The van der Waals surface area contributed by atoms with E-state index < -0.39 is 0 Å². The number of halogens is 1. The largest absolute Gasteiger partial charge is 0.302 e. The Labute approximate surface area is 143 Å². The first kappa shape index (κ1) is 14.0. The predicted molar refractivity (Wildman–Crippen MR) is 97.4 cm³/mol. The van der Waals surface area contributed by atoms with Crippen LogP contribution in [0.1, 0.15) is 0 Å². The molecule has 0 saturated heterocycles. The smallest absolute Gasteiger partial charge is 0.139 e. The number of pyridine rings is 1. The van der Waals surface area contributed by atoms with Crippen LogP contribution in [0.3, 0.4) is 0 Å². The van der Waals surface area contributed by atoms with Crippen molar-refractivity contribution in [1.29, 1.82) is 0 Å². The summed E-state index contributed by atoms with van der Waals surface area (Å²) in [6, 6.07) is 22.8. The van der Waals surface area contributed by atoms with Crippen LogP contribution in [0.15, 0.2) is 85.2 Å². The van der Waals surface area contributed by atoms with Gasteiger partial charge in [0.15, 0.2) is 0 Å². The van der Waals surface area contributed by atoms with Crippen LogP contribution in [-0.4, -0.2) is 14.0 Å². The molecule has 0 unspecified atom stereocenters. The van der Waals surface area contributed by atoms with Crippen LogP contribution in [0.25, 0.3) is 33.6 Å². The van der Waals surface area contributed by atoms with Crippen LogP contribution in [0.2, 0.25) is 0 Å². The van der Waals surface area contributed by atoms with Gasteiger partial charge in [-0.1, -0.05) is 24.3 Å². The molecule has 3 nitrogen and oxygen atoms in total. The Kier molecular flexibility index (Phi) is 2.97. The molecule has 25 heavy (non-hydrogen) atoms. The molecule has 0 radical (unpaired) electrons. The minimum atomic E-state index is -0.244. The van der Waals surface area contributed by atoms with Crippen molar-refractivity contribution in [1.82, 2.24) is 14.0 Å². The normalized spacial score (nSPS) is 11.4. The second-order valence-electron chi connectivity index (χ2n) is 5.99. The lowest BCUT2D eigenvalue weighted by Gasteiger charge is -2.08. The van der Waals surface area contributed by atoms with Crippen LogP contribution in [0.5, 0.6) is 0 Å². The first-order valence-electron chi connectivity index (χ1n) is 8.10. The summed E-state index contributed by atoms with van der Waals surface area (Å²) in [6.07, 6.45) is 4.06. The molecule has 0 atom stereocenters. The molecule has 0 saturated carbocycles. The SMILES string of the molecule is Fc1ccc(-c2cn3c(-n4ccc5ccccc54)cccc3n2)cc1. The van der Waals surface area contributed by atoms with Crippen LogP contribution in [-0.2, 0) is 0 Å². The molecule has 0 fully saturated rings. The van der Waals surface area contributed by atoms with Gasteiger partial charge in [0, 0.05) is 18.0 Å². The third-order valence-corrected chi connectivity index (χ3v) is 4.46. The molecular formula is C21H14FN3. The van der Waals surface area contributed by atoms with E-state index in [0.717, 1.165) is 28.2 Å². The van der Waals surface area contributed by atoms with Gasteiger partial charge < -0.3 is 4.57 Å². The summed E-state index contributed by atoms with van der Waals surface area (Å²) < 4.78 is 17.4. The van der Waals surface area contributed by atoms with Gasteiger partial charge in [-0.05, 0) is 53.9 Å². The third-order valence-electron chi connectivity index (χ3n) is 4.46. The average Bonchev–Trinajstić information content (AvgIpc) is 3.26. The summed E-state index contributed by atoms with van der Waals surface area (Å²) in [5.41, 5.74) is 3.72. The monoisotopic (exact) mass is 327 g/mol. The number of hydrogen-bond donors (Lipinski definition) is 0. The van der Waals surface area contributed by atoms with E-state index in [-0.39, 0.29) is 5.82 Å². The van der Waals surface area contributed by atoms with Crippen LogP contribution >= 0.6 is 0 Å². The Morgan fingerprint density at radius 2 is 1.64 bits per heavy atom. The number of hydrogen-bond acceptors (Lipinski definition) is 1. The molecule has 0 amide bonds. The Balaban J connectivity index is 1.73. The van der Waals surface area contributed by atoms with E-state index in [1.807, 2.05) is 30.5 Å². The molecule has 120 valence electrons. The fourth-order valence-electron chi connectivity index (χ4n) is 3.24. The standard InChI is InChI=1S/C21H14FN3/c22-17-10-8-15(9-11-17)18-14-25-20(23-18)6-3-7-21(25)24-13-12-16-4-1-2-5-19(16)24/h1-14H. The zero-order valence-corrected chi connectivity index (χ0v) is 13.3. The maximum atomic E-state index is 13.2. The molecule has 5 rings (SSSR count). The zero-order valence-electron chi connectivity index (χ0n) is 13.3. The van der Waals surface area contributed by atoms with Gasteiger partial charge in [-0.2, -0.15) is 0 Å². The van der Waals surface area contributed by atoms with Crippen molar-refractivity contribution in [3.05, 3.63) is 91.0 Å². The van der Waals surface area contributed by atoms with E-state index in [1.54, 1.807) is 12.1 Å². The van der Waals surface area contributed by atoms with E-state index in [9.17, 15) is 4.39 Å². The summed E-state index contributed by atoms with van der Waals surface area (Å²) in [5.74, 6) is 0.770. The fourth-order valence-corrected chi connectivity index (χ4v) is 3.24. The van der Waals surface area contributed by atoms with Crippen molar-refractivity contribution in [3.63, 3.8) is 0 Å². The molecule has 3 aromatic heterocycles. The lowest BCUT2D eigenvalue weighted by Crippen LogP contribution is -1.99. The molecule has 0 aliphatic heterocycles. The topological polar surface area (TPSA) is 22.2 Å². The third kappa shape index (κ3) is 2.22. The van der Waals surface area contributed by atoms with Gasteiger partial charge in [-0.3, -0.25) is 4.40 Å². The van der Waals surface area contributed by atoms with Crippen LogP contribution < -0.4 is 0 Å². The van der Waals surface area contributed by atoms with Crippen LogP contribution in [0, 0.1) is 5.82 Å². The van der Waals surface area contributed by atoms with E-state index in [1.165, 1.54) is 17.5 Å². The van der Waals surface area contributed by atoms with E-state index in [4.69, 9.17) is 4.98 Å². The Morgan fingerprint density at radius 3 is 2.52 bits per heavy atom. The Morgan fingerprint density at radius 1 is 0.800 bits per heavy atom. The second-order valence-corrected chi connectivity index (χ2v) is 5.99.